The molecule has 0 aromatic heterocycles. The van der Waals surface area contributed by atoms with Gasteiger partial charge in [-0.1, -0.05) is 17.7 Å². The second-order valence-electron chi connectivity index (χ2n) is 5.16. The topological polar surface area (TPSA) is 67.4 Å². The molecular weight excluding hydrogens is 328 g/mol. The molecule has 6 heteroatoms. The van der Waals surface area contributed by atoms with Crippen molar-refractivity contribution in [2.45, 2.75) is 13.8 Å². The van der Waals surface area contributed by atoms with Crippen LogP contribution in [0.5, 0.6) is 0 Å². The number of esters is 1. The molecule has 0 radical (unpaired) electrons. The highest BCUT2D eigenvalue weighted by atomic mass is 35.5. The van der Waals surface area contributed by atoms with Crippen molar-refractivity contribution in [2.24, 2.45) is 0 Å². The number of carbonyl (C=O) groups excluding carboxylic acids is 2. The molecule has 0 aliphatic rings. The lowest BCUT2D eigenvalue weighted by Gasteiger charge is -2.10. The summed E-state index contributed by atoms with van der Waals surface area (Å²) in [5, 5.41) is 6.42. The van der Waals surface area contributed by atoms with Crippen molar-refractivity contribution in [3.8, 4) is 0 Å². The highest BCUT2D eigenvalue weighted by Crippen LogP contribution is 2.20. The Bertz CT molecular complexity index is 730. The number of ether oxygens (including phenoxy) is 1. The van der Waals surface area contributed by atoms with Crippen LogP contribution in [-0.4, -0.2) is 25.0 Å². The van der Waals surface area contributed by atoms with E-state index in [4.69, 9.17) is 16.3 Å². The molecule has 0 fully saturated rings. The van der Waals surface area contributed by atoms with Crippen LogP contribution in [0.1, 0.15) is 22.8 Å². The van der Waals surface area contributed by atoms with E-state index in [9.17, 15) is 9.59 Å². The summed E-state index contributed by atoms with van der Waals surface area (Å²) in [7, 11) is 0. The summed E-state index contributed by atoms with van der Waals surface area (Å²) in [4.78, 5) is 23.6. The Balaban J connectivity index is 1.90. The van der Waals surface area contributed by atoms with Gasteiger partial charge in [-0.25, -0.2) is 4.79 Å². The van der Waals surface area contributed by atoms with Crippen molar-refractivity contribution in [3.63, 3.8) is 0 Å². The third-order valence-corrected chi connectivity index (χ3v) is 3.55. The van der Waals surface area contributed by atoms with E-state index in [0.717, 1.165) is 11.3 Å². The number of hydrogen-bond acceptors (Lipinski definition) is 4. The Morgan fingerprint density at radius 3 is 2.50 bits per heavy atom. The number of hydrogen-bond donors (Lipinski definition) is 2. The van der Waals surface area contributed by atoms with Crippen molar-refractivity contribution in [1.29, 1.82) is 0 Å². The van der Waals surface area contributed by atoms with Gasteiger partial charge < -0.3 is 15.4 Å². The van der Waals surface area contributed by atoms with Gasteiger partial charge in [0, 0.05) is 16.4 Å². The van der Waals surface area contributed by atoms with E-state index < -0.39 is 0 Å². The minimum atomic E-state index is -0.381. The summed E-state index contributed by atoms with van der Waals surface area (Å²) >= 11 is 5.95. The normalized spacial score (nSPS) is 10.1. The predicted molar refractivity (Wildman–Crippen MR) is 95.7 cm³/mol. The fraction of sp³-hybridized carbons (Fsp3) is 0.222. The third-order valence-electron chi connectivity index (χ3n) is 3.32. The zero-order chi connectivity index (χ0) is 17.5. The highest BCUT2D eigenvalue weighted by molar-refractivity contribution is 6.30. The third kappa shape index (κ3) is 4.99. The van der Waals surface area contributed by atoms with E-state index >= 15 is 0 Å². The van der Waals surface area contributed by atoms with Crippen LogP contribution in [-0.2, 0) is 9.53 Å². The molecule has 126 valence electrons. The van der Waals surface area contributed by atoms with Gasteiger partial charge in [-0.2, -0.15) is 0 Å². The zero-order valence-corrected chi connectivity index (χ0v) is 14.3. The van der Waals surface area contributed by atoms with E-state index in [1.54, 1.807) is 43.3 Å². The van der Waals surface area contributed by atoms with Crippen molar-refractivity contribution in [2.75, 3.05) is 23.8 Å². The lowest BCUT2D eigenvalue weighted by Crippen LogP contribution is -2.22. The first-order valence-corrected chi connectivity index (χ1v) is 7.94. The van der Waals surface area contributed by atoms with E-state index in [1.807, 2.05) is 13.0 Å². The van der Waals surface area contributed by atoms with Gasteiger partial charge in [0.15, 0.2) is 0 Å². The van der Waals surface area contributed by atoms with Crippen LogP contribution >= 0.6 is 11.6 Å². The minimum absolute atomic E-state index is 0.112. The fourth-order valence-corrected chi connectivity index (χ4v) is 2.24. The van der Waals surface area contributed by atoms with Gasteiger partial charge in [-0.3, -0.25) is 4.79 Å². The minimum Gasteiger partial charge on any atom is -0.462 e. The number of amides is 1. The summed E-state index contributed by atoms with van der Waals surface area (Å²) < 4.78 is 4.91. The van der Waals surface area contributed by atoms with Crippen LogP contribution in [0.4, 0.5) is 11.4 Å². The quantitative estimate of drug-likeness (QED) is 0.779. The number of nitrogens with one attached hydrogen (secondary N) is 2. The molecule has 2 aromatic rings. The Labute approximate surface area is 146 Å². The molecule has 2 rings (SSSR count). The second-order valence-corrected chi connectivity index (χ2v) is 5.60. The molecule has 1 amide bonds. The standard InChI is InChI=1S/C18H19ClN2O3/c1-3-24-18(23)13-5-8-15(9-6-13)21-17(22)11-20-16-10-14(19)7-4-12(16)2/h4-10,20H,3,11H2,1-2H3,(H,21,22). The lowest BCUT2D eigenvalue weighted by atomic mass is 10.2. The molecule has 0 saturated heterocycles. The van der Waals surface area contributed by atoms with Gasteiger partial charge in [-0.15, -0.1) is 0 Å². The molecule has 0 aliphatic carbocycles. The smallest absolute Gasteiger partial charge is 0.338 e. The number of halogens is 1. The zero-order valence-electron chi connectivity index (χ0n) is 13.6. The van der Waals surface area contributed by atoms with Crippen LogP contribution < -0.4 is 10.6 Å². The lowest BCUT2D eigenvalue weighted by molar-refractivity contribution is -0.114. The Morgan fingerprint density at radius 1 is 1.12 bits per heavy atom. The number of aryl methyl sites for hydroxylation is 1. The van der Waals surface area contributed by atoms with Crippen LogP contribution in [0.3, 0.4) is 0 Å². The van der Waals surface area contributed by atoms with Crippen LogP contribution in [0.25, 0.3) is 0 Å². The first kappa shape index (κ1) is 17.8. The molecule has 0 saturated carbocycles. The first-order chi connectivity index (χ1) is 11.5. The largest absolute Gasteiger partial charge is 0.462 e. The van der Waals surface area contributed by atoms with E-state index in [0.29, 0.717) is 22.9 Å². The molecule has 2 aromatic carbocycles. The summed E-state index contributed by atoms with van der Waals surface area (Å²) in [6.45, 7) is 4.12. The van der Waals surface area contributed by atoms with Gasteiger partial charge in [0.05, 0.1) is 18.7 Å². The molecule has 0 spiro atoms. The molecule has 0 heterocycles. The highest BCUT2D eigenvalue weighted by Gasteiger charge is 2.08. The Kier molecular flexibility index (Phi) is 6.21. The fourth-order valence-electron chi connectivity index (χ4n) is 2.07. The summed E-state index contributed by atoms with van der Waals surface area (Å²) in [6, 6.07) is 12.0. The molecular formula is C18H19ClN2O3. The van der Waals surface area contributed by atoms with Crippen molar-refractivity contribution in [3.05, 3.63) is 58.6 Å². The average Bonchev–Trinajstić information content (AvgIpc) is 2.56. The van der Waals surface area contributed by atoms with E-state index in [1.165, 1.54) is 0 Å². The van der Waals surface area contributed by atoms with Gasteiger partial charge >= 0.3 is 5.97 Å². The Morgan fingerprint density at radius 2 is 1.83 bits per heavy atom. The maximum absolute atomic E-state index is 12.0. The molecule has 0 atom stereocenters. The van der Waals surface area contributed by atoms with Crippen LogP contribution in [0.2, 0.25) is 5.02 Å². The van der Waals surface area contributed by atoms with Gasteiger partial charge in [-0.05, 0) is 55.8 Å². The maximum Gasteiger partial charge on any atom is 0.338 e. The molecule has 0 unspecified atom stereocenters. The predicted octanol–water partition coefficient (Wildman–Crippen LogP) is 3.88. The number of carbonyl (C=O) groups is 2. The number of benzene rings is 2. The second kappa shape index (κ2) is 8.36. The number of anilines is 2. The molecule has 0 bridgehead atoms. The van der Waals surface area contributed by atoms with E-state index in [2.05, 4.69) is 10.6 Å². The maximum atomic E-state index is 12.0. The van der Waals surface area contributed by atoms with Crippen molar-refractivity contribution < 1.29 is 14.3 Å². The van der Waals surface area contributed by atoms with Gasteiger partial charge in [0.1, 0.15) is 0 Å². The van der Waals surface area contributed by atoms with Crippen LogP contribution in [0, 0.1) is 6.92 Å². The van der Waals surface area contributed by atoms with Crippen molar-refractivity contribution >= 4 is 34.9 Å². The molecule has 24 heavy (non-hydrogen) atoms. The first-order valence-electron chi connectivity index (χ1n) is 7.56. The molecule has 5 nitrogen and oxygen atoms in total. The summed E-state index contributed by atoms with van der Waals surface area (Å²) in [5.74, 6) is -0.577. The van der Waals surface area contributed by atoms with Crippen molar-refractivity contribution in [1.82, 2.24) is 0 Å². The van der Waals surface area contributed by atoms with Crippen LogP contribution in [0.15, 0.2) is 42.5 Å². The number of rotatable bonds is 6. The Hall–Kier alpha value is -2.53. The SMILES string of the molecule is CCOC(=O)c1ccc(NC(=O)CNc2cc(Cl)ccc2C)cc1. The monoisotopic (exact) mass is 346 g/mol. The average molecular weight is 347 g/mol. The van der Waals surface area contributed by atoms with Gasteiger partial charge in [0.2, 0.25) is 5.91 Å². The molecule has 2 N–H and O–H groups in total. The van der Waals surface area contributed by atoms with Gasteiger partial charge in [0.25, 0.3) is 0 Å². The molecule has 0 aliphatic heterocycles. The summed E-state index contributed by atoms with van der Waals surface area (Å²) in [5.41, 5.74) is 2.88. The summed E-state index contributed by atoms with van der Waals surface area (Å²) in [6.07, 6.45) is 0. The van der Waals surface area contributed by atoms with E-state index in [-0.39, 0.29) is 18.4 Å².